The number of aromatic nitrogens is 2. The zero-order valence-electron chi connectivity index (χ0n) is 13.4. The minimum atomic E-state index is 0.0535. The highest BCUT2D eigenvalue weighted by atomic mass is 32.1. The van der Waals surface area contributed by atoms with Crippen LogP contribution in [0.25, 0.3) is 0 Å². The third kappa shape index (κ3) is 8.81. The number of unbranched alkanes of at least 4 members (excludes halogenated alkanes) is 5. The molecule has 1 rings (SSSR count). The highest BCUT2D eigenvalue weighted by Gasteiger charge is 2.14. The van der Waals surface area contributed by atoms with Crippen LogP contribution in [0, 0.1) is 0 Å². The summed E-state index contributed by atoms with van der Waals surface area (Å²) in [6.07, 6.45) is 11.2. The van der Waals surface area contributed by atoms with Crippen molar-refractivity contribution in [3.05, 3.63) is 11.1 Å². The van der Waals surface area contributed by atoms with Gasteiger partial charge in [0.2, 0.25) is 5.91 Å². The minimum absolute atomic E-state index is 0.0535. The van der Waals surface area contributed by atoms with Crippen LogP contribution < -0.4 is 5.32 Å². The topological polar surface area (TPSA) is 54.9 Å². The predicted molar refractivity (Wildman–Crippen MR) is 88.6 cm³/mol. The van der Waals surface area contributed by atoms with Crippen molar-refractivity contribution < 1.29 is 4.79 Å². The van der Waals surface area contributed by atoms with E-state index < -0.39 is 0 Å². The highest BCUT2D eigenvalue weighted by molar-refractivity contribution is 7.03. The van der Waals surface area contributed by atoms with E-state index in [1.54, 1.807) is 6.92 Å². The molecule has 1 N–H and O–H groups in total. The standard InChI is InChI=1S/C16H29N3OS/c1-3-4-5-6-7-8-10-15(16-13-21-19-18-16)11-9-12-17-14(2)20/h13,15H,3-12H2,1-2H3,(H,17,20). The van der Waals surface area contributed by atoms with Crippen LogP contribution in [0.3, 0.4) is 0 Å². The zero-order chi connectivity index (χ0) is 15.3. The van der Waals surface area contributed by atoms with E-state index in [4.69, 9.17) is 0 Å². The van der Waals surface area contributed by atoms with E-state index in [0.717, 1.165) is 25.1 Å². The maximum Gasteiger partial charge on any atom is 0.216 e. The van der Waals surface area contributed by atoms with Gasteiger partial charge in [0.25, 0.3) is 0 Å². The molecule has 0 saturated carbocycles. The van der Waals surface area contributed by atoms with Crippen molar-refractivity contribution in [2.45, 2.75) is 77.6 Å². The van der Waals surface area contributed by atoms with Crippen molar-refractivity contribution in [3.63, 3.8) is 0 Å². The van der Waals surface area contributed by atoms with Gasteiger partial charge >= 0.3 is 0 Å². The minimum Gasteiger partial charge on any atom is -0.356 e. The van der Waals surface area contributed by atoms with Gasteiger partial charge in [0.1, 0.15) is 0 Å². The number of hydrogen-bond donors (Lipinski definition) is 1. The molecule has 0 radical (unpaired) electrons. The molecule has 0 aliphatic heterocycles. The summed E-state index contributed by atoms with van der Waals surface area (Å²) < 4.78 is 3.99. The monoisotopic (exact) mass is 311 g/mol. The molecule has 0 saturated heterocycles. The normalized spacial score (nSPS) is 12.3. The molecule has 1 aromatic rings. The Bertz CT molecular complexity index is 368. The van der Waals surface area contributed by atoms with E-state index in [-0.39, 0.29) is 5.91 Å². The second-order valence-electron chi connectivity index (χ2n) is 5.71. The largest absolute Gasteiger partial charge is 0.356 e. The van der Waals surface area contributed by atoms with Gasteiger partial charge in [-0.05, 0) is 30.8 Å². The number of carbonyl (C=O) groups excluding carboxylic acids is 1. The first-order valence-corrected chi connectivity index (χ1v) is 9.09. The van der Waals surface area contributed by atoms with E-state index in [1.807, 2.05) is 0 Å². The Labute approximate surface area is 132 Å². The van der Waals surface area contributed by atoms with Crippen molar-refractivity contribution >= 4 is 17.4 Å². The van der Waals surface area contributed by atoms with Gasteiger partial charge in [0, 0.05) is 24.8 Å². The summed E-state index contributed by atoms with van der Waals surface area (Å²) in [4.78, 5) is 10.9. The number of carbonyl (C=O) groups is 1. The lowest BCUT2D eigenvalue weighted by molar-refractivity contribution is -0.118. The Balaban J connectivity index is 2.24. The maximum absolute atomic E-state index is 10.9. The first kappa shape index (κ1) is 18.1. The van der Waals surface area contributed by atoms with E-state index in [9.17, 15) is 4.79 Å². The fourth-order valence-corrected chi connectivity index (χ4v) is 3.11. The first-order valence-electron chi connectivity index (χ1n) is 8.25. The summed E-state index contributed by atoms with van der Waals surface area (Å²) >= 11 is 1.43. The van der Waals surface area contributed by atoms with Gasteiger partial charge in [-0.25, -0.2) is 0 Å². The molecule has 120 valence electrons. The molecule has 0 bridgehead atoms. The average Bonchev–Trinajstić information content (AvgIpc) is 2.98. The van der Waals surface area contributed by atoms with Crippen LogP contribution in [-0.2, 0) is 4.79 Å². The molecule has 0 aliphatic rings. The second-order valence-corrected chi connectivity index (χ2v) is 6.32. The summed E-state index contributed by atoms with van der Waals surface area (Å²) in [5.41, 5.74) is 1.14. The smallest absolute Gasteiger partial charge is 0.216 e. The first-order chi connectivity index (χ1) is 10.2. The molecule has 0 fully saturated rings. The number of hydrogen-bond acceptors (Lipinski definition) is 4. The molecule has 0 spiro atoms. The van der Waals surface area contributed by atoms with Crippen LogP contribution in [0.1, 0.15) is 83.2 Å². The SMILES string of the molecule is CCCCCCCCC(CCCNC(C)=O)c1csnn1. The van der Waals surface area contributed by atoms with E-state index >= 15 is 0 Å². The van der Waals surface area contributed by atoms with Crippen molar-refractivity contribution in [1.82, 2.24) is 14.9 Å². The molecule has 1 aromatic heterocycles. The molecule has 5 heteroatoms. The lowest BCUT2D eigenvalue weighted by atomic mass is 9.93. The van der Waals surface area contributed by atoms with Gasteiger partial charge in [-0.15, -0.1) is 5.10 Å². The third-order valence-electron chi connectivity index (χ3n) is 3.80. The average molecular weight is 311 g/mol. The molecule has 1 amide bonds. The molecule has 21 heavy (non-hydrogen) atoms. The van der Waals surface area contributed by atoms with Crippen molar-refractivity contribution in [2.75, 3.05) is 6.54 Å². The van der Waals surface area contributed by atoms with Crippen LogP contribution in [-0.4, -0.2) is 22.0 Å². The molecule has 1 atom stereocenters. The lowest BCUT2D eigenvalue weighted by Crippen LogP contribution is -2.21. The van der Waals surface area contributed by atoms with Crippen molar-refractivity contribution in [3.8, 4) is 0 Å². The zero-order valence-corrected chi connectivity index (χ0v) is 14.3. The number of amides is 1. The summed E-state index contributed by atoms with van der Waals surface area (Å²) in [6, 6.07) is 0. The van der Waals surface area contributed by atoms with Crippen LogP contribution in [0.15, 0.2) is 5.38 Å². The fourth-order valence-electron chi connectivity index (χ4n) is 2.57. The molecular formula is C16H29N3OS. The second kappa shape index (κ2) is 11.7. The summed E-state index contributed by atoms with van der Waals surface area (Å²) in [6.45, 7) is 4.58. The molecule has 1 unspecified atom stereocenters. The quantitative estimate of drug-likeness (QED) is 0.586. The molecule has 0 aromatic carbocycles. The van der Waals surface area contributed by atoms with Gasteiger partial charge in [-0.2, -0.15) is 0 Å². The summed E-state index contributed by atoms with van der Waals surface area (Å²) in [7, 11) is 0. The van der Waals surface area contributed by atoms with E-state index in [0.29, 0.717) is 5.92 Å². The Morgan fingerprint density at radius 1 is 1.19 bits per heavy atom. The molecule has 4 nitrogen and oxygen atoms in total. The Morgan fingerprint density at radius 2 is 1.90 bits per heavy atom. The van der Waals surface area contributed by atoms with E-state index in [2.05, 4.69) is 27.2 Å². The van der Waals surface area contributed by atoms with Gasteiger partial charge in [0.05, 0.1) is 5.69 Å². The maximum atomic E-state index is 10.9. The number of rotatable bonds is 12. The van der Waals surface area contributed by atoms with Gasteiger partial charge in [-0.1, -0.05) is 49.9 Å². The Kier molecular flexibility index (Phi) is 10.0. The van der Waals surface area contributed by atoms with Gasteiger partial charge in [0.15, 0.2) is 0 Å². The number of nitrogens with one attached hydrogen (secondary N) is 1. The molecule has 1 heterocycles. The van der Waals surface area contributed by atoms with Gasteiger partial charge < -0.3 is 5.32 Å². The molecular weight excluding hydrogens is 282 g/mol. The lowest BCUT2D eigenvalue weighted by Gasteiger charge is -2.14. The van der Waals surface area contributed by atoms with Crippen molar-refractivity contribution in [1.29, 1.82) is 0 Å². The fraction of sp³-hybridized carbons (Fsp3) is 0.812. The van der Waals surface area contributed by atoms with Crippen LogP contribution >= 0.6 is 11.5 Å². The summed E-state index contributed by atoms with van der Waals surface area (Å²) in [5, 5.41) is 9.17. The Morgan fingerprint density at radius 3 is 2.57 bits per heavy atom. The van der Waals surface area contributed by atoms with Crippen molar-refractivity contribution in [2.24, 2.45) is 0 Å². The van der Waals surface area contributed by atoms with Crippen LogP contribution in [0.2, 0.25) is 0 Å². The Hall–Kier alpha value is -0.970. The predicted octanol–water partition coefficient (Wildman–Crippen LogP) is 4.29. The van der Waals surface area contributed by atoms with E-state index in [1.165, 1.54) is 56.5 Å². The van der Waals surface area contributed by atoms with Crippen LogP contribution in [0.5, 0.6) is 0 Å². The third-order valence-corrected chi connectivity index (χ3v) is 4.33. The highest BCUT2D eigenvalue weighted by Crippen LogP contribution is 2.26. The van der Waals surface area contributed by atoms with Gasteiger partial charge in [-0.3, -0.25) is 4.79 Å². The summed E-state index contributed by atoms with van der Waals surface area (Å²) in [5.74, 6) is 0.557. The molecule has 0 aliphatic carbocycles. The van der Waals surface area contributed by atoms with Crippen LogP contribution in [0.4, 0.5) is 0 Å². The number of nitrogens with zero attached hydrogens (tertiary/aromatic N) is 2.